The van der Waals surface area contributed by atoms with Gasteiger partial charge in [0.05, 0.1) is 0 Å². The van der Waals surface area contributed by atoms with Crippen molar-refractivity contribution in [3.63, 3.8) is 0 Å². The lowest BCUT2D eigenvalue weighted by Crippen LogP contribution is -2.39. The topological polar surface area (TPSA) is 47.9 Å². The summed E-state index contributed by atoms with van der Waals surface area (Å²) in [7, 11) is 1.97. The maximum Gasteiger partial charge on any atom is 0.244 e. The van der Waals surface area contributed by atoms with Gasteiger partial charge in [-0.1, -0.05) is 23.7 Å². The molecule has 0 saturated carbocycles. The number of likely N-dealkylation sites (tertiary alicyclic amines) is 1. The highest BCUT2D eigenvalue weighted by Gasteiger charge is 2.17. The first-order valence-electron chi connectivity index (χ1n) is 8.12. The number of hydrogen-bond acceptors (Lipinski definition) is 2. The number of hydrogen-bond donors (Lipinski definition) is 1. The average Bonchev–Trinajstić information content (AvgIpc) is 3.07. The number of carbonyl (C=O) groups excluding carboxylic acids is 1. The van der Waals surface area contributed by atoms with Gasteiger partial charge in [-0.05, 0) is 37.5 Å². The normalized spacial score (nSPS) is 14.3. The van der Waals surface area contributed by atoms with Gasteiger partial charge in [0.15, 0.2) is 5.96 Å². The van der Waals surface area contributed by atoms with Crippen LogP contribution < -0.4 is 5.32 Å². The third kappa shape index (κ3) is 6.47. The van der Waals surface area contributed by atoms with Crippen LogP contribution in [-0.2, 0) is 11.3 Å². The van der Waals surface area contributed by atoms with Gasteiger partial charge >= 0.3 is 0 Å². The Morgan fingerprint density at radius 2 is 1.92 bits per heavy atom. The molecule has 0 aliphatic carbocycles. The third-order valence-corrected chi connectivity index (χ3v) is 4.10. The molecule has 24 heavy (non-hydrogen) atoms. The minimum absolute atomic E-state index is 0. The first-order chi connectivity index (χ1) is 11.1. The molecule has 1 aromatic rings. The molecule has 0 spiro atoms. The van der Waals surface area contributed by atoms with E-state index in [-0.39, 0.29) is 36.4 Å². The Hall–Kier alpha value is -1.02. The quantitative estimate of drug-likeness (QED) is 0.414. The van der Waals surface area contributed by atoms with Crippen molar-refractivity contribution < 1.29 is 4.79 Å². The lowest BCUT2D eigenvalue weighted by atomic mass is 10.2. The standard InChI is InChI=1S/C17H25ClN4O.HI/c1-3-19-17(20-12-16(23)22-10-4-5-11-22)21(2)13-14-6-8-15(18)9-7-14;/h6-9H,3-5,10-13H2,1-2H3,(H,19,20);1H. The Labute approximate surface area is 166 Å². The van der Waals surface area contributed by atoms with Gasteiger partial charge in [-0.2, -0.15) is 0 Å². The zero-order chi connectivity index (χ0) is 16.7. The number of guanidine groups is 1. The van der Waals surface area contributed by atoms with E-state index in [0.29, 0.717) is 6.54 Å². The van der Waals surface area contributed by atoms with E-state index in [4.69, 9.17) is 11.6 Å². The van der Waals surface area contributed by atoms with Gasteiger partial charge in [0.1, 0.15) is 6.54 Å². The zero-order valence-electron chi connectivity index (χ0n) is 14.3. The van der Waals surface area contributed by atoms with Crippen LogP contribution in [0.5, 0.6) is 0 Å². The maximum absolute atomic E-state index is 12.1. The highest BCUT2D eigenvalue weighted by atomic mass is 127. The van der Waals surface area contributed by atoms with Gasteiger partial charge in [0.2, 0.25) is 5.91 Å². The summed E-state index contributed by atoms with van der Waals surface area (Å²) in [5.41, 5.74) is 1.15. The molecule has 1 fully saturated rings. The molecule has 0 atom stereocenters. The fourth-order valence-electron chi connectivity index (χ4n) is 2.62. The van der Waals surface area contributed by atoms with Gasteiger partial charge < -0.3 is 15.1 Å². The van der Waals surface area contributed by atoms with Gasteiger partial charge in [-0.25, -0.2) is 4.99 Å². The number of amides is 1. The summed E-state index contributed by atoms with van der Waals surface area (Å²) >= 11 is 5.92. The van der Waals surface area contributed by atoms with Gasteiger partial charge in [0, 0.05) is 38.2 Å². The fourth-order valence-corrected chi connectivity index (χ4v) is 2.74. The molecule has 0 radical (unpaired) electrons. The van der Waals surface area contributed by atoms with Crippen molar-refractivity contribution in [1.29, 1.82) is 0 Å². The molecule has 1 saturated heterocycles. The molecule has 0 unspecified atom stereocenters. The van der Waals surface area contributed by atoms with E-state index in [9.17, 15) is 4.79 Å². The van der Waals surface area contributed by atoms with Crippen LogP contribution in [0.1, 0.15) is 25.3 Å². The van der Waals surface area contributed by atoms with Crippen LogP contribution in [0.3, 0.4) is 0 Å². The summed E-state index contributed by atoms with van der Waals surface area (Å²) in [6, 6.07) is 7.76. The molecule has 1 amide bonds. The largest absolute Gasteiger partial charge is 0.357 e. The minimum Gasteiger partial charge on any atom is -0.357 e. The van der Waals surface area contributed by atoms with Crippen molar-refractivity contribution in [3.8, 4) is 0 Å². The SMILES string of the molecule is CCNC(=NCC(=O)N1CCCC1)N(C)Cc1ccc(Cl)cc1.I. The molecule has 1 aromatic carbocycles. The Morgan fingerprint density at radius 1 is 1.29 bits per heavy atom. The molecule has 5 nitrogen and oxygen atoms in total. The summed E-state index contributed by atoms with van der Waals surface area (Å²) in [6.07, 6.45) is 2.21. The Kier molecular flexibility index (Phi) is 9.43. The predicted molar refractivity (Wildman–Crippen MR) is 110 cm³/mol. The number of rotatable bonds is 5. The summed E-state index contributed by atoms with van der Waals surface area (Å²) in [4.78, 5) is 20.5. The molecule has 134 valence electrons. The number of halogens is 2. The van der Waals surface area contributed by atoms with Gasteiger partial charge in [-0.15, -0.1) is 24.0 Å². The lowest BCUT2D eigenvalue weighted by Gasteiger charge is -2.22. The molecule has 1 aliphatic heterocycles. The lowest BCUT2D eigenvalue weighted by molar-refractivity contribution is -0.128. The molecule has 1 N–H and O–H groups in total. The van der Waals surface area contributed by atoms with Crippen LogP contribution >= 0.6 is 35.6 Å². The minimum atomic E-state index is 0. The number of carbonyl (C=O) groups is 1. The average molecular weight is 465 g/mol. The molecule has 1 heterocycles. The first kappa shape index (κ1) is 21.0. The van der Waals surface area contributed by atoms with E-state index < -0.39 is 0 Å². The highest BCUT2D eigenvalue weighted by molar-refractivity contribution is 14.0. The third-order valence-electron chi connectivity index (χ3n) is 3.85. The summed E-state index contributed by atoms with van der Waals surface area (Å²) in [5.74, 6) is 0.854. The summed E-state index contributed by atoms with van der Waals surface area (Å²) < 4.78 is 0. The van der Waals surface area contributed by atoms with E-state index in [0.717, 1.165) is 49.0 Å². The molecule has 2 rings (SSSR count). The summed E-state index contributed by atoms with van der Waals surface area (Å²) in [5, 5.41) is 3.97. The number of aliphatic imine (C=N–C) groups is 1. The van der Waals surface area contributed by atoms with E-state index in [1.165, 1.54) is 0 Å². The van der Waals surface area contributed by atoms with E-state index in [1.807, 2.05) is 48.0 Å². The van der Waals surface area contributed by atoms with Crippen LogP contribution in [-0.4, -0.2) is 54.9 Å². The van der Waals surface area contributed by atoms with E-state index in [1.54, 1.807) is 0 Å². The Bertz CT molecular complexity index is 544. The van der Waals surface area contributed by atoms with Crippen LogP contribution in [0.4, 0.5) is 0 Å². The fraction of sp³-hybridized carbons (Fsp3) is 0.529. The van der Waals surface area contributed by atoms with Crippen molar-refractivity contribution in [2.75, 3.05) is 33.2 Å². The zero-order valence-corrected chi connectivity index (χ0v) is 17.4. The second-order valence-electron chi connectivity index (χ2n) is 5.74. The number of nitrogens with one attached hydrogen (secondary N) is 1. The van der Waals surface area contributed by atoms with Crippen molar-refractivity contribution in [2.24, 2.45) is 4.99 Å². The highest BCUT2D eigenvalue weighted by Crippen LogP contribution is 2.11. The van der Waals surface area contributed by atoms with E-state index in [2.05, 4.69) is 10.3 Å². The first-order valence-corrected chi connectivity index (χ1v) is 8.49. The monoisotopic (exact) mass is 464 g/mol. The predicted octanol–water partition coefficient (Wildman–Crippen LogP) is 2.98. The van der Waals surface area contributed by atoms with Crippen LogP contribution in [0.25, 0.3) is 0 Å². The van der Waals surface area contributed by atoms with Gasteiger partial charge in [-0.3, -0.25) is 4.79 Å². The molecule has 7 heteroatoms. The molecular weight excluding hydrogens is 439 g/mol. The molecule has 1 aliphatic rings. The Balaban J connectivity index is 0.00000288. The maximum atomic E-state index is 12.1. The van der Waals surface area contributed by atoms with Crippen molar-refractivity contribution >= 4 is 47.4 Å². The van der Waals surface area contributed by atoms with E-state index >= 15 is 0 Å². The van der Waals surface area contributed by atoms with Crippen molar-refractivity contribution in [2.45, 2.75) is 26.3 Å². The molecule has 0 aromatic heterocycles. The Morgan fingerprint density at radius 3 is 2.50 bits per heavy atom. The van der Waals surface area contributed by atoms with Crippen molar-refractivity contribution in [1.82, 2.24) is 15.1 Å². The van der Waals surface area contributed by atoms with Crippen LogP contribution in [0, 0.1) is 0 Å². The van der Waals surface area contributed by atoms with Crippen molar-refractivity contribution in [3.05, 3.63) is 34.9 Å². The molecule has 0 bridgehead atoms. The second kappa shape index (κ2) is 10.8. The summed E-state index contributed by atoms with van der Waals surface area (Å²) in [6.45, 7) is 5.43. The van der Waals surface area contributed by atoms with Gasteiger partial charge in [0.25, 0.3) is 0 Å². The van der Waals surface area contributed by atoms with Crippen LogP contribution in [0.15, 0.2) is 29.3 Å². The smallest absolute Gasteiger partial charge is 0.244 e. The van der Waals surface area contributed by atoms with Crippen LogP contribution in [0.2, 0.25) is 5.02 Å². The molecular formula is C17H26ClIN4O. The second-order valence-corrected chi connectivity index (χ2v) is 6.18. The number of nitrogens with zero attached hydrogens (tertiary/aromatic N) is 3. The number of benzene rings is 1.